The number of nitrogens with zero attached hydrogens (tertiary/aromatic N) is 2. The van der Waals surface area contributed by atoms with Gasteiger partial charge in [-0.05, 0) is 24.3 Å². The predicted octanol–water partition coefficient (Wildman–Crippen LogP) is 3.40. The molecule has 3 N–H and O–H groups in total. The highest BCUT2D eigenvalue weighted by Crippen LogP contribution is 2.37. The number of methoxy groups -OCH3 is 2. The Kier molecular flexibility index (Phi) is 4.57. The molecular formula is C15H15N3O4. The van der Waals surface area contributed by atoms with Crippen LogP contribution in [0.5, 0.6) is 11.5 Å². The molecule has 0 saturated carbocycles. The average molecular weight is 301 g/mol. The smallest absolute Gasteiger partial charge is 0.335 e. The van der Waals surface area contributed by atoms with Crippen molar-refractivity contribution < 1.29 is 19.4 Å². The van der Waals surface area contributed by atoms with Gasteiger partial charge in [-0.3, -0.25) is 0 Å². The van der Waals surface area contributed by atoms with E-state index in [1.807, 2.05) is 0 Å². The number of anilines is 1. The Morgan fingerprint density at radius 3 is 2.23 bits per heavy atom. The minimum atomic E-state index is -0.992. The summed E-state index contributed by atoms with van der Waals surface area (Å²) in [5.74, 6) is -0.0615. The monoisotopic (exact) mass is 301 g/mol. The summed E-state index contributed by atoms with van der Waals surface area (Å²) in [6.45, 7) is 0. The Balaban J connectivity index is 2.30. The molecular weight excluding hydrogens is 286 g/mol. The van der Waals surface area contributed by atoms with Crippen LogP contribution in [0.4, 0.5) is 17.1 Å². The Hall–Kier alpha value is -3.09. The first-order valence-corrected chi connectivity index (χ1v) is 6.31. The van der Waals surface area contributed by atoms with Crippen molar-refractivity contribution in [2.24, 2.45) is 10.2 Å². The first kappa shape index (κ1) is 15.3. The highest BCUT2D eigenvalue weighted by atomic mass is 16.5. The number of carboxylic acid groups (broad SMARTS) is 1. The van der Waals surface area contributed by atoms with Gasteiger partial charge < -0.3 is 20.3 Å². The molecule has 0 bridgehead atoms. The SMILES string of the molecule is COc1cc(N=Nc2ccc(C(=O)O)cc2)c(OC)cc1N. The molecule has 0 aliphatic heterocycles. The zero-order valence-electron chi connectivity index (χ0n) is 12.1. The number of nitrogen functional groups attached to an aromatic ring is 1. The highest BCUT2D eigenvalue weighted by molar-refractivity contribution is 5.87. The summed E-state index contributed by atoms with van der Waals surface area (Å²) in [5, 5.41) is 17.0. The number of aromatic carboxylic acids is 1. The average Bonchev–Trinajstić information content (AvgIpc) is 2.53. The van der Waals surface area contributed by atoms with Gasteiger partial charge in [0.2, 0.25) is 0 Å². The largest absolute Gasteiger partial charge is 0.495 e. The predicted molar refractivity (Wildman–Crippen MR) is 81.5 cm³/mol. The van der Waals surface area contributed by atoms with Crippen molar-refractivity contribution in [3.8, 4) is 11.5 Å². The zero-order chi connectivity index (χ0) is 16.1. The molecule has 0 spiro atoms. The van der Waals surface area contributed by atoms with Crippen molar-refractivity contribution >= 4 is 23.0 Å². The lowest BCUT2D eigenvalue weighted by Crippen LogP contribution is -1.94. The number of carbonyl (C=O) groups is 1. The van der Waals surface area contributed by atoms with Crippen molar-refractivity contribution in [1.82, 2.24) is 0 Å². The lowest BCUT2D eigenvalue weighted by atomic mass is 10.2. The van der Waals surface area contributed by atoms with Crippen LogP contribution in [-0.4, -0.2) is 25.3 Å². The lowest BCUT2D eigenvalue weighted by molar-refractivity contribution is 0.0697. The van der Waals surface area contributed by atoms with Crippen LogP contribution < -0.4 is 15.2 Å². The van der Waals surface area contributed by atoms with Gasteiger partial charge in [-0.15, -0.1) is 5.11 Å². The van der Waals surface area contributed by atoms with E-state index < -0.39 is 5.97 Å². The Morgan fingerprint density at radius 1 is 1.05 bits per heavy atom. The van der Waals surface area contributed by atoms with E-state index in [1.54, 1.807) is 24.3 Å². The fraction of sp³-hybridized carbons (Fsp3) is 0.133. The van der Waals surface area contributed by atoms with Crippen LogP contribution in [0, 0.1) is 0 Å². The van der Waals surface area contributed by atoms with Crippen LogP contribution in [0.3, 0.4) is 0 Å². The van der Waals surface area contributed by atoms with Crippen LogP contribution in [-0.2, 0) is 0 Å². The fourth-order valence-electron chi connectivity index (χ4n) is 1.77. The number of hydrogen-bond acceptors (Lipinski definition) is 6. The minimum absolute atomic E-state index is 0.186. The van der Waals surface area contributed by atoms with E-state index in [-0.39, 0.29) is 5.56 Å². The van der Waals surface area contributed by atoms with Gasteiger partial charge in [0.05, 0.1) is 31.2 Å². The first-order valence-electron chi connectivity index (χ1n) is 6.31. The number of benzene rings is 2. The van der Waals surface area contributed by atoms with Crippen LogP contribution >= 0.6 is 0 Å². The van der Waals surface area contributed by atoms with E-state index in [1.165, 1.54) is 26.4 Å². The van der Waals surface area contributed by atoms with E-state index >= 15 is 0 Å². The molecule has 0 fully saturated rings. The molecule has 0 atom stereocenters. The summed E-state index contributed by atoms with van der Waals surface area (Å²) in [6, 6.07) is 9.25. The van der Waals surface area contributed by atoms with Gasteiger partial charge in [-0.25, -0.2) is 4.79 Å². The van der Waals surface area contributed by atoms with Crippen molar-refractivity contribution in [3.05, 3.63) is 42.0 Å². The Bertz CT molecular complexity index is 711. The molecule has 7 nitrogen and oxygen atoms in total. The first-order chi connectivity index (χ1) is 10.5. The van der Waals surface area contributed by atoms with Crippen molar-refractivity contribution in [2.45, 2.75) is 0 Å². The molecule has 0 amide bonds. The van der Waals surface area contributed by atoms with Crippen LogP contribution in [0.15, 0.2) is 46.6 Å². The number of nitrogens with two attached hydrogens (primary N) is 1. The molecule has 0 radical (unpaired) electrons. The summed E-state index contributed by atoms with van der Waals surface area (Å²) >= 11 is 0. The second-order valence-electron chi connectivity index (χ2n) is 4.32. The molecule has 0 aliphatic rings. The van der Waals surface area contributed by atoms with Crippen molar-refractivity contribution in [2.75, 3.05) is 20.0 Å². The standard InChI is InChI=1S/C15H15N3O4/c1-21-13-8-12(14(22-2)7-11(13)16)18-17-10-5-3-9(4-6-10)15(19)20/h3-8H,16H2,1-2H3,(H,19,20). The molecule has 0 aliphatic carbocycles. The van der Waals surface area contributed by atoms with E-state index in [0.29, 0.717) is 28.6 Å². The normalized spacial score (nSPS) is 10.6. The van der Waals surface area contributed by atoms with Gasteiger partial charge in [-0.1, -0.05) is 0 Å². The summed E-state index contributed by atoms with van der Waals surface area (Å²) in [6.07, 6.45) is 0. The van der Waals surface area contributed by atoms with E-state index in [0.717, 1.165) is 0 Å². The lowest BCUT2D eigenvalue weighted by Gasteiger charge is -2.09. The maximum absolute atomic E-state index is 10.8. The van der Waals surface area contributed by atoms with Gasteiger partial charge in [0.25, 0.3) is 0 Å². The maximum Gasteiger partial charge on any atom is 0.335 e. The molecule has 0 saturated heterocycles. The Morgan fingerprint density at radius 2 is 1.68 bits per heavy atom. The molecule has 0 unspecified atom stereocenters. The van der Waals surface area contributed by atoms with Crippen molar-refractivity contribution in [3.63, 3.8) is 0 Å². The van der Waals surface area contributed by atoms with Crippen LogP contribution in [0.1, 0.15) is 10.4 Å². The molecule has 0 heterocycles. The third-order valence-corrected chi connectivity index (χ3v) is 2.92. The number of carboxylic acids is 1. The van der Waals surface area contributed by atoms with E-state index in [9.17, 15) is 4.79 Å². The van der Waals surface area contributed by atoms with Gasteiger partial charge in [0.15, 0.2) is 0 Å². The summed E-state index contributed by atoms with van der Waals surface area (Å²) in [5.41, 5.74) is 7.39. The Labute approximate surface area is 127 Å². The van der Waals surface area contributed by atoms with Gasteiger partial charge in [0, 0.05) is 12.1 Å². The number of rotatable bonds is 5. The molecule has 7 heteroatoms. The van der Waals surface area contributed by atoms with Crippen LogP contribution in [0.2, 0.25) is 0 Å². The summed E-state index contributed by atoms with van der Waals surface area (Å²) < 4.78 is 10.3. The quantitative estimate of drug-likeness (QED) is 0.650. The van der Waals surface area contributed by atoms with Crippen molar-refractivity contribution in [1.29, 1.82) is 0 Å². The third kappa shape index (κ3) is 3.32. The molecule has 2 aromatic rings. The summed E-state index contributed by atoms with van der Waals surface area (Å²) in [4.78, 5) is 10.8. The molecule has 114 valence electrons. The highest BCUT2D eigenvalue weighted by Gasteiger charge is 2.09. The minimum Gasteiger partial charge on any atom is -0.495 e. The van der Waals surface area contributed by atoms with E-state index in [2.05, 4.69) is 10.2 Å². The number of hydrogen-bond donors (Lipinski definition) is 2. The summed E-state index contributed by atoms with van der Waals surface area (Å²) in [7, 11) is 3.01. The second-order valence-corrected chi connectivity index (χ2v) is 4.32. The van der Waals surface area contributed by atoms with Gasteiger partial charge in [-0.2, -0.15) is 5.11 Å². The molecule has 2 rings (SSSR count). The van der Waals surface area contributed by atoms with Gasteiger partial charge in [0.1, 0.15) is 17.2 Å². The van der Waals surface area contributed by atoms with E-state index in [4.69, 9.17) is 20.3 Å². The molecule has 2 aromatic carbocycles. The maximum atomic E-state index is 10.8. The fourth-order valence-corrected chi connectivity index (χ4v) is 1.77. The van der Waals surface area contributed by atoms with Crippen LogP contribution in [0.25, 0.3) is 0 Å². The topological polar surface area (TPSA) is 106 Å². The molecule has 0 aromatic heterocycles. The number of azo groups is 1. The second kappa shape index (κ2) is 6.57. The van der Waals surface area contributed by atoms with Gasteiger partial charge >= 0.3 is 5.97 Å². The molecule has 22 heavy (non-hydrogen) atoms. The third-order valence-electron chi connectivity index (χ3n) is 2.92. The number of ether oxygens (including phenoxy) is 2. The zero-order valence-corrected chi connectivity index (χ0v) is 12.1.